The minimum Gasteiger partial charge on any atom is -0.492 e. The molecule has 4 nitrogen and oxygen atoms in total. The lowest BCUT2D eigenvalue weighted by atomic mass is 10.0. The van der Waals surface area contributed by atoms with Gasteiger partial charge in [-0.2, -0.15) is 13.2 Å². The minimum atomic E-state index is -4.42. The largest absolute Gasteiger partial charge is 0.492 e. The molecule has 2 aromatic carbocycles. The number of nitrogens with one attached hydrogen (secondary N) is 1. The number of likely N-dealkylation sites (tertiary alicyclic amines) is 1. The van der Waals surface area contributed by atoms with Crippen LogP contribution in [0.3, 0.4) is 0 Å². The molecule has 0 aliphatic carbocycles. The summed E-state index contributed by atoms with van der Waals surface area (Å²) in [6, 6.07) is 12.9. The number of rotatable bonds is 10. The van der Waals surface area contributed by atoms with Crippen molar-refractivity contribution in [1.29, 1.82) is 0 Å². The summed E-state index contributed by atoms with van der Waals surface area (Å²) < 4.78 is 44.4. The monoisotopic (exact) mass is 508 g/mol. The van der Waals surface area contributed by atoms with E-state index in [0.717, 1.165) is 49.5 Å². The highest BCUT2D eigenvalue weighted by Crippen LogP contribution is 2.30. The number of halogens is 5. The van der Waals surface area contributed by atoms with E-state index in [1.54, 1.807) is 0 Å². The predicted molar refractivity (Wildman–Crippen MR) is 130 cm³/mol. The van der Waals surface area contributed by atoms with Gasteiger partial charge in [0, 0.05) is 19.1 Å². The van der Waals surface area contributed by atoms with Gasteiger partial charge in [-0.15, -0.1) is 24.8 Å². The van der Waals surface area contributed by atoms with Crippen LogP contribution in [-0.4, -0.2) is 48.8 Å². The van der Waals surface area contributed by atoms with Crippen molar-refractivity contribution in [2.45, 2.75) is 44.5 Å². The van der Waals surface area contributed by atoms with Gasteiger partial charge in [-0.05, 0) is 74.7 Å². The summed E-state index contributed by atoms with van der Waals surface area (Å²) >= 11 is 0. The number of aliphatic hydroxyl groups is 1. The maximum Gasteiger partial charge on any atom is 0.416 e. The normalized spacial score (nSPS) is 15.9. The van der Waals surface area contributed by atoms with Gasteiger partial charge in [-0.1, -0.05) is 24.3 Å². The SMILES string of the molecule is CC(Cc1ccc(OCCN2CCCC2)cc1)NCC(O)c1cccc(C(F)(F)F)c1.Cl.Cl. The zero-order chi connectivity index (χ0) is 22.3. The Balaban J connectivity index is 0.00000272. The molecule has 33 heavy (non-hydrogen) atoms. The number of benzene rings is 2. The van der Waals surface area contributed by atoms with Crippen LogP contribution < -0.4 is 10.1 Å². The third kappa shape index (κ3) is 9.71. The lowest BCUT2D eigenvalue weighted by Gasteiger charge is -2.19. The summed E-state index contributed by atoms with van der Waals surface area (Å²) in [6.45, 7) is 6.13. The molecule has 1 fully saturated rings. The summed E-state index contributed by atoms with van der Waals surface area (Å²) in [5, 5.41) is 13.5. The average Bonchev–Trinajstić information content (AvgIpc) is 3.26. The Morgan fingerprint density at radius 2 is 1.73 bits per heavy atom. The van der Waals surface area contributed by atoms with Crippen molar-refractivity contribution in [1.82, 2.24) is 10.2 Å². The second-order valence-corrected chi connectivity index (χ2v) is 8.19. The van der Waals surface area contributed by atoms with Crippen molar-refractivity contribution >= 4 is 24.8 Å². The molecule has 0 aromatic heterocycles. The second-order valence-electron chi connectivity index (χ2n) is 8.19. The number of hydrogen-bond donors (Lipinski definition) is 2. The Kier molecular flexibility index (Phi) is 12.5. The summed E-state index contributed by atoms with van der Waals surface area (Å²) in [7, 11) is 0. The zero-order valence-corrected chi connectivity index (χ0v) is 20.3. The highest BCUT2D eigenvalue weighted by Gasteiger charge is 2.30. The van der Waals surface area contributed by atoms with Crippen molar-refractivity contribution in [3.8, 4) is 5.75 Å². The Bertz CT molecular complexity index is 816. The Morgan fingerprint density at radius 3 is 2.36 bits per heavy atom. The fourth-order valence-corrected chi connectivity index (χ4v) is 3.80. The van der Waals surface area contributed by atoms with E-state index in [0.29, 0.717) is 6.61 Å². The van der Waals surface area contributed by atoms with Gasteiger partial charge in [0.2, 0.25) is 0 Å². The first-order chi connectivity index (χ1) is 14.8. The minimum absolute atomic E-state index is 0. The van der Waals surface area contributed by atoms with Crippen LogP contribution >= 0.6 is 24.8 Å². The van der Waals surface area contributed by atoms with E-state index < -0.39 is 17.8 Å². The van der Waals surface area contributed by atoms with Gasteiger partial charge >= 0.3 is 6.18 Å². The number of hydrogen-bond acceptors (Lipinski definition) is 4. The molecule has 3 rings (SSSR count). The molecule has 2 aromatic rings. The molecule has 2 atom stereocenters. The highest BCUT2D eigenvalue weighted by atomic mass is 35.5. The maximum absolute atomic E-state index is 12.8. The van der Waals surface area contributed by atoms with Gasteiger partial charge in [-0.25, -0.2) is 0 Å². The van der Waals surface area contributed by atoms with Gasteiger partial charge in [0.05, 0.1) is 11.7 Å². The van der Waals surface area contributed by atoms with E-state index in [2.05, 4.69) is 10.2 Å². The van der Waals surface area contributed by atoms with E-state index >= 15 is 0 Å². The summed E-state index contributed by atoms with van der Waals surface area (Å²) in [5.41, 5.74) is 0.630. The molecule has 0 saturated carbocycles. The van der Waals surface area contributed by atoms with Gasteiger partial charge in [-0.3, -0.25) is 4.90 Å². The van der Waals surface area contributed by atoms with Gasteiger partial charge in [0.15, 0.2) is 0 Å². The molecule has 0 radical (unpaired) electrons. The molecule has 1 heterocycles. The van der Waals surface area contributed by atoms with Crippen LogP contribution in [0.15, 0.2) is 48.5 Å². The molecular weight excluding hydrogens is 476 g/mol. The Hall–Kier alpha value is -1.51. The molecule has 0 amide bonds. The molecule has 0 bridgehead atoms. The van der Waals surface area contributed by atoms with Crippen LogP contribution in [0.1, 0.15) is 42.6 Å². The molecule has 1 aliphatic rings. The van der Waals surface area contributed by atoms with Crippen molar-refractivity contribution < 1.29 is 23.0 Å². The number of nitrogens with zero attached hydrogens (tertiary/aromatic N) is 1. The third-order valence-corrected chi connectivity index (χ3v) is 5.60. The van der Waals surface area contributed by atoms with E-state index in [4.69, 9.17) is 4.74 Å². The van der Waals surface area contributed by atoms with Gasteiger partial charge < -0.3 is 15.2 Å². The van der Waals surface area contributed by atoms with Crippen molar-refractivity contribution in [3.63, 3.8) is 0 Å². The average molecular weight is 509 g/mol. The third-order valence-electron chi connectivity index (χ3n) is 5.60. The number of alkyl halides is 3. The lowest BCUT2D eigenvalue weighted by molar-refractivity contribution is -0.137. The Morgan fingerprint density at radius 1 is 1.06 bits per heavy atom. The van der Waals surface area contributed by atoms with Crippen LogP contribution in [0, 0.1) is 0 Å². The molecule has 186 valence electrons. The topological polar surface area (TPSA) is 44.7 Å². The van der Waals surface area contributed by atoms with E-state index in [9.17, 15) is 18.3 Å². The maximum atomic E-state index is 12.8. The molecule has 1 saturated heterocycles. The van der Waals surface area contributed by atoms with E-state index in [1.165, 1.54) is 25.0 Å². The highest BCUT2D eigenvalue weighted by molar-refractivity contribution is 5.85. The second kappa shape index (κ2) is 14.0. The standard InChI is InChI=1S/C24H31F3N2O2.2ClH/c1-18(28-17-23(30)20-5-4-6-21(16-20)24(25,26)27)15-19-7-9-22(10-8-19)31-14-13-29-11-2-3-12-29;;/h4-10,16,18,23,28,30H,2-3,11-15,17H2,1H3;2*1H. The fourth-order valence-electron chi connectivity index (χ4n) is 3.80. The molecular formula is C24H33Cl2F3N2O2. The molecule has 1 aliphatic heterocycles. The van der Waals surface area contributed by atoms with Gasteiger partial charge in [0.1, 0.15) is 12.4 Å². The van der Waals surface area contributed by atoms with Crippen LogP contribution in [0.4, 0.5) is 13.2 Å². The van der Waals surface area contributed by atoms with Crippen LogP contribution in [0.5, 0.6) is 5.75 Å². The number of aliphatic hydroxyl groups excluding tert-OH is 1. The summed E-state index contributed by atoms with van der Waals surface area (Å²) in [6.07, 6.45) is -2.13. The van der Waals surface area contributed by atoms with E-state index in [-0.39, 0.29) is 43.0 Å². The van der Waals surface area contributed by atoms with Crippen molar-refractivity contribution in [3.05, 3.63) is 65.2 Å². The van der Waals surface area contributed by atoms with Crippen molar-refractivity contribution in [2.24, 2.45) is 0 Å². The lowest BCUT2D eigenvalue weighted by Crippen LogP contribution is -2.32. The number of ether oxygens (including phenoxy) is 1. The fraction of sp³-hybridized carbons (Fsp3) is 0.500. The van der Waals surface area contributed by atoms with Crippen LogP contribution in [0.2, 0.25) is 0 Å². The quantitative estimate of drug-likeness (QED) is 0.458. The molecule has 9 heteroatoms. The zero-order valence-electron chi connectivity index (χ0n) is 18.7. The first-order valence-corrected chi connectivity index (χ1v) is 10.8. The summed E-state index contributed by atoms with van der Waals surface area (Å²) in [4.78, 5) is 2.41. The van der Waals surface area contributed by atoms with Gasteiger partial charge in [0.25, 0.3) is 0 Å². The van der Waals surface area contributed by atoms with Crippen molar-refractivity contribution in [2.75, 3.05) is 32.8 Å². The Labute approximate surface area is 206 Å². The predicted octanol–water partition coefficient (Wildman–Crippen LogP) is 5.28. The molecule has 2 N–H and O–H groups in total. The van der Waals surface area contributed by atoms with Crippen LogP contribution in [-0.2, 0) is 12.6 Å². The first-order valence-electron chi connectivity index (χ1n) is 10.8. The molecule has 0 spiro atoms. The summed E-state index contributed by atoms with van der Waals surface area (Å²) in [5.74, 6) is 0.850. The van der Waals surface area contributed by atoms with Crippen LogP contribution in [0.25, 0.3) is 0 Å². The van der Waals surface area contributed by atoms with E-state index in [1.807, 2.05) is 31.2 Å². The first kappa shape index (κ1) is 29.5. The smallest absolute Gasteiger partial charge is 0.416 e. The molecule has 2 unspecified atom stereocenters.